The van der Waals surface area contributed by atoms with Crippen LogP contribution in [0.4, 0.5) is 14.6 Å². The molecule has 12 heteroatoms. The molecule has 0 bridgehead atoms. The van der Waals surface area contributed by atoms with Gasteiger partial charge in [0.2, 0.25) is 0 Å². The Kier molecular flexibility index (Phi) is 6.93. The molecule has 0 amide bonds. The third-order valence-electron chi connectivity index (χ3n) is 6.38. The van der Waals surface area contributed by atoms with Gasteiger partial charge < -0.3 is 20.1 Å². The van der Waals surface area contributed by atoms with E-state index in [-0.39, 0.29) is 34.8 Å². The first-order valence-corrected chi connectivity index (χ1v) is 12.7. The van der Waals surface area contributed by atoms with E-state index >= 15 is 8.78 Å². The molecule has 5 rings (SSSR count). The van der Waals surface area contributed by atoms with Gasteiger partial charge in [0.25, 0.3) is 0 Å². The Morgan fingerprint density at radius 2 is 1.89 bits per heavy atom. The number of halogens is 4. The summed E-state index contributed by atoms with van der Waals surface area (Å²) in [4.78, 5) is 10.0. The summed E-state index contributed by atoms with van der Waals surface area (Å²) < 4.78 is 36.4. The number of ether oxygens (including phenoxy) is 1. The quantitative estimate of drug-likeness (QED) is 0.274. The van der Waals surface area contributed by atoms with Gasteiger partial charge in [-0.1, -0.05) is 23.2 Å². The predicted octanol–water partition coefficient (Wildman–Crippen LogP) is 5.12. The van der Waals surface area contributed by atoms with Crippen LogP contribution in [0.25, 0.3) is 22.2 Å². The second kappa shape index (κ2) is 9.92. The summed E-state index contributed by atoms with van der Waals surface area (Å²) in [5.41, 5.74) is 0.314. The first-order valence-electron chi connectivity index (χ1n) is 11.9. The summed E-state index contributed by atoms with van der Waals surface area (Å²) >= 11 is 12.3. The molecule has 1 aliphatic heterocycles. The zero-order chi connectivity index (χ0) is 27.2. The van der Waals surface area contributed by atoms with Gasteiger partial charge in [-0.05, 0) is 39.0 Å². The Morgan fingerprint density at radius 1 is 1.18 bits per heavy atom. The number of aliphatic hydroxyl groups is 1. The van der Waals surface area contributed by atoms with Crippen molar-refractivity contribution in [2.75, 3.05) is 24.5 Å². The van der Waals surface area contributed by atoms with Gasteiger partial charge in [-0.25, -0.2) is 13.8 Å². The van der Waals surface area contributed by atoms with Crippen LogP contribution in [0.2, 0.25) is 10.0 Å². The summed E-state index contributed by atoms with van der Waals surface area (Å²) in [6, 6.07) is 4.39. The first kappa shape index (κ1) is 26.6. The van der Waals surface area contributed by atoms with Gasteiger partial charge in [-0.15, -0.1) is 0 Å². The molecule has 0 radical (unpaired) electrons. The van der Waals surface area contributed by atoms with Crippen LogP contribution in [0.1, 0.15) is 26.3 Å². The minimum Gasteiger partial charge on any atom is -0.486 e. The molecule has 0 atom stereocenters. The second-order valence-corrected chi connectivity index (χ2v) is 11.2. The zero-order valence-corrected chi connectivity index (χ0v) is 22.5. The van der Waals surface area contributed by atoms with E-state index in [0.717, 1.165) is 0 Å². The van der Waals surface area contributed by atoms with E-state index in [0.29, 0.717) is 46.3 Å². The molecule has 200 valence electrons. The van der Waals surface area contributed by atoms with E-state index in [1.54, 1.807) is 24.8 Å². The Labute approximate surface area is 227 Å². The SMILES string of the molecule is CC(C)(O)CNC1(C)CN(c2ncc(-c3n[nH]c4ccc(OCc5c(Cl)cncc5Cl)c(F)c34)cc2F)C1. The van der Waals surface area contributed by atoms with Crippen LogP contribution in [-0.4, -0.2) is 56.0 Å². The number of fused-ring (bicyclic) bond motifs is 1. The van der Waals surface area contributed by atoms with Crippen LogP contribution in [0.3, 0.4) is 0 Å². The van der Waals surface area contributed by atoms with Gasteiger partial charge >= 0.3 is 0 Å². The number of benzene rings is 1. The maximum Gasteiger partial charge on any atom is 0.176 e. The molecule has 4 heterocycles. The molecule has 1 fully saturated rings. The highest BCUT2D eigenvalue weighted by molar-refractivity contribution is 6.35. The van der Waals surface area contributed by atoms with Crippen LogP contribution >= 0.6 is 23.2 Å². The highest BCUT2D eigenvalue weighted by Gasteiger charge is 2.41. The maximum absolute atomic E-state index is 15.6. The minimum atomic E-state index is -0.847. The largest absolute Gasteiger partial charge is 0.486 e. The van der Waals surface area contributed by atoms with Gasteiger partial charge in [0.1, 0.15) is 12.3 Å². The Balaban J connectivity index is 1.36. The van der Waals surface area contributed by atoms with Crippen molar-refractivity contribution < 1.29 is 18.6 Å². The van der Waals surface area contributed by atoms with Crippen molar-refractivity contribution in [2.45, 2.75) is 38.5 Å². The molecule has 0 saturated carbocycles. The van der Waals surface area contributed by atoms with Crippen molar-refractivity contribution in [1.29, 1.82) is 0 Å². The van der Waals surface area contributed by atoms with E-state index < -0.39 is 17.2 Å². The lowest BCUT2D eigenvalue weighted by atomic mass is 9.91. The summed E-state index contributed by atoms with van der Waals surface area (Å²) in [6.07, 6.45) is 4.33. The number of pyridine rings is 2. The zero-order valence-electron chi connectivity index (χ0n) is 20.9. The Hall–Kier alpha value is -3.05. The molecule has 1 aliphatic rings. The first-order chi connectivity index (χ1) is 17.9. The van der Waals surface area contributed by atoms with Crippen molar-refractivity contribution >= 4 is 39.9 Å². The van der Waals surface area contributed by atoms with E-state index in [1.807, 2.05) is 6.92 Å². The smallest absolute Gasteiger partial charge is 0.176 e. The summed E-state index contributed by atoms with van der Waals surface area (Å²) in [6.45, 7) is 6.86. The fraction of sp³-hybridized carbons (Fsp3) is 0.346. The van der Waals surface area contributed by atoms with Gasteiger partial charge in [-0.3, -0.25) is 10.1 Å². The minimum absolute atomic E-state index is 0.0347. The maximum atomic E-state index is 15.6. The number of hydrogen-bond acceptors (Lipinski definition) is 7. The number of β-amino-alcohol motifs (C(OH)–C–C–N with tert-alkyl or cyclic N) is 1. The van der Waals surface area contributed by atoms with E-state index in [2.05, 4.69) is 25.5 Å². The molecule has 0 spiro atoms. The van der Waals surface area contributed by atoms with Crippen LogP contribution in [-0.2, 0) is 6.61 Å². The molecule has 38 heavy (non-hydrogen) atoms. The van der Waals surface area contributed by atoms with Crippen molar-refractivity contribution in [3.05, 3.63) is 64.0 Å². The van der Waals surface area contributed by atoms with E-state index in [1.165, 1.54) is 30.7 Å². The monoisotopic (exact) mass is 562 g/mol. The van der Waals surface area contributed by atoms with Crippen LogP contribution in [0.5, 0.6) is 5.75 Å². The van der Waals surface area contributed by atoms with Crippen molar-refractivity contribution in [1.82, 2.24) is 25.5 Å². The summed E-state index contributed by atoms with van der Waals surface area (Å²) in [5.74, 6) is -1.04. The molecule has 3 N–H and O–H groups in total. The Bertz CT molecular complexity index is 1480. The normalized spacial score (nSPS) is 15.1. The number of nitrogens with zero attached hydrogens (tertiary/aromatic N) is 4. The number of hydrogen-bond donors (Lipinski definition) is 3. The lowest BCUT2D eigenvalue weighted by molar-refractivity contribution is 0.0664. The number of aromatic nitrogens is 4. The highest BCUT2D eigenvalue weighted by Crippen LogP contribution is 2.36. The average molecular weight is 563 g/mol. The number of anilines is 1. The topological polar surface area (TPSA) is 99.2 Å². The lowest BCUT2D eigenvalue weighted by Crippen LogP contribution is -2.69. The van der Waals surface area contributed by atoms with Gasteiger partial charge in [-0.2, -0.15) is 5.10 Å². The second-order valence-electron chi connectivity index (χ2n) is 10.4. The molecule has 0 unspecified atom stereocenters. The predicted molar refractivity (Wildman–Crippen MR) is 143 cm³/mol. The number of H-pyrrole nitrogens is 1. The van der Waals surface area contributed by atoms with Crippen molar-refractivity contribution in [2.24, 2.45) is 0 Å². The number of rotatable bonds is 8. The molecule has 1 saturated heterocycles. The van der Waals surface area contributed by atoms with Crippen molar-refractivity contribution in [3.63, 3.8) is 0 Å². The summed E-state index contributed by atoms with van der Waals surface area (Å²) in [5, 5.41) is 21.0. The van der Waals surface area contributed by atoms with E-state index in [4.69, 9.17) is 27.9 Å². The van der Waals surface area contributed by atoms with E-state index in [9.17, 15) is 5.11 Å². The van der Waals surface area contributed by atoms with Crippen LogP contribution in [0, 0.1) is 11.6 Å². The van der Waals surface area contributed by atoms with Gasteiger partial charge in [0.05, 0.1) is 32.1 Å². The third kappa shape index (κ3) is 5.26. The Morgan fingerprint density at radius 3 is 2.55 bits per heavy atom. The molecule has 8 nitrogen and oxygen atoms in total. The van der Waals surface area contributed by atoms with Crippen molar-refractivity contribution in [3.8, 4) is 17.0 Å². The fourth-order valence-electron chi connectivity index (χ4n) is 4.38. The number of aromatic amines is 1. The standard InChI is InChI=1S/C26H26Cl2F2N6O2/c1-25(2,37)11-33-26(3)12-36(13-26)24-18(29)6-14(7-32-24)23-21-19(34-35-23)4-5-20(22(21)30)38-10-15-16(27)8-31-9-17(15)28/h4-9,33,37H,10-13H2,1-3H3,(H,34,35). The average Bonchev–Trinajstić information content (AvgIpc) is 3.27. The molecule has 1 aromatic carbocycles. The molecule has 3 aromatic heterocycles. The molecule has 0 aliphatic carbocycles. The van der Waals surface area contributed by atoms with Crippen LogP contribution in [0.15, 0.2) is 36.8 Å². The molecular weight excluding hydrogens is 537 g/mol. The highest BCUT2D eigenvalue weighted by atomic mass is 35.5. The van der Waals surface area contributed by atoms with Crippen LogP contribution < -0.4 is 15.0 Å². The van der Waals surface area contributed by atoms with Gasteiger partial charge in [0, 0.05) is 49.4 Å². The number of nitrogens with one attached hydrogen (secondary N) is 2. The van der Waals surface area contributed by atoms with Gasteiger partial charge in [0.15, 0.2) is 23.2 Å². The lowest BCUT2D eigenvalue weighted by Gasteiger charge is -2.50. The summed E-state index contributed by atoms with van der Waals surface area (Å²) in [7, 11) is 0. The fourth-order valence-corrected chi connectivity index (χ4v) is 4.85. The molecular formula is C26H26Cl2F2N6O2. The third-order valence-corrected chi connectivity index (χ3v) is 7.03. The molecule has 4 aromatic rings.